The summed E-state index contributed by atoms with van der Waals surface area (Å²) in [4.78, 5) is 0. The van der Waals surface area contributed by atoms with E-state index in [4.69, 9.17) is 11.6 Å². The van der Waals surface area contributed by atoms with Gasteiger partial charge in [0.1, 0.15) is 0 Å². The second-order valence-electron chi connectivity index (χ2n) is 5.09. The van der Waals surface area contributed by atoms with E-state index in [2.05, 4.69) is 42.2 Å². The van der Waals surface area contributed by atoms with Gasteiger partial charge in [-0.15, -0.1) is 0 Å². The molecule has 1 atom stereocenters. The average molecular weight is 270 g/mol. The SMILES string of the molecule is Cc1ccc(CNCC2(C)CCCS2)cc1Cl. The third kappa shape index (κ3) is 3.64. The first kappa shape index (κ1) is 13.3. The number of aryl methyl sites for hydroxylation is 1. The Bertz CT molecular complexity index is 386. The lowest BCUT2D eigenvalue weighted by molar-refractivity contribution is 0.537. The summed E-state index contributed by atoms with van der Waals surface area (Å²) >= 11 is 8.21. The van der Waals surface area contributed by atoms with Gasteiger partial charge in [-0.2, -0.15) is 11.8 Å². The van der Waals surface area contributed by atoms with Crippen molar-refractivity contribution >= 4 is 23.4 Å². The standard InChI is InChI=1S/C14H20ClNS/c1-11-4-5-12(8-13(11)15)9-16-10-14(2)6-3-7-17-14/h4-5,8,16H,3,6-7,9-10H2,1-2H3. The Morgan fingerprint density at radius 3 is 2.94 bits per heavy atom. The van der Waals surface area contributed by atoms with Gasteiger partial charge in [-0.1, -0.05) is 23.7 Å². The van der Waals surface area contributed by atoms with Gasteiger partial charge in [0.05, 0.1) is 0 Å². The van der Waals surface area contributed by atoms with Crippen LogP contribution < -0.4 is 5.32 Å². The van der Waals surface area contributed by atoms with Crippen LogP contribution in [-0.4, -0.2) is 17.0 Å². The van der Waals surface area contributed by atoms with E-state index in [0.717, 1.165) is 23.7 Å². The lowest BCUT2D eigenvalue weighted by Gasteiger charge is -2.23. The summed E-state index contributed by atoms with van der Waals surface area (Å²) < 4.78 is 0.439. The van der Waals surface area contributed by atoms with Crippen molar-refractivity contribution in [2.75, 3.05) is 12.3 Å². The molecule has 0 aromatic heterocycles. The molecule has 1 aliphatic rings. The molecule has 0 bridgehead atoms. The van der Waals surface area contributed by atoms with Crippen LogP contribution in [0.4, 0.5) is 0 Å². The predicted molar refractivity (Wildman–Crippen MR) is 78.0 cm³/mol. The maximum Gasteiger partial charge on any atom is 0.0438 e. The quantitative estimate of drug-likeness (QED) is 0.886. The fourth-order valence-corrected chi connectivity index (χ4v) is 3.67. The predicted octanol–water partition coefficient (Wildman–Crippen LogP) is 4.02. The van der Waals surface area contributed by atoms with Gasteiger partial charge in [0.25, 0.3) is 0 Å². The van der Waals surface area contributed by atoms with Crippen LogP contribution in [0.2, 0.25) is 5.02 Å². The first-order valence-electron chi connectivity index (χ1n) is 6.19. The molecule has 1 unspecified atom stereocenters. The molecule has 0 amide bonds. The summed E-state index contributed by atoms with van der Waals surface area (Å²) in [5.74, 6) is 1.31. The van der Waals surface area contributed by atoms with Gasteiger partial charge >= 0.3 is 0 Å². The molecule has 1 aromatic rings. The van der Waals surface area contributed by atoms with E-state index in [1.54, 1.807) is 0 Å². The van der Waals surface area contributed by atoms with E-state index in [0.29, 0.717) is 4.75 Å². The first-order chi connectivity index (χ1) is 8.09. The Kier molecular flexibility index (Phi) is 4.40. The molecule has 1 heterocycles. The highest BCUT2D eigenvalue weighted by atomic mass is 35.5. The highest BCUT2D eigenvalue weighted by molar-refractivity contribution is 8.00. The Morgan fingerprint density at radius 2 is 2.29 bits per heavy atom. The molecule has 1 aromatic carbocycles. The molecule has 0 aliphatic carbocycles. The topological polar surface area (TPSA) is 12.0 Å². The molecule has 1 saturated heterocycles. The lowest BCUT2D eigenvalue weighted by atomic mass is 10.1. The number of halogens is 1. The van der Waals surface area contributed by atoms with Crippen LogP contribution in [-0.2, 0) is 6.54 Å². The normalized spacial score (nSPS) is 24.2. The van der Waals surface area contributed by atoms with Gasteiger partial charge in [0.15, 0.2) is 0 Å². The molecule has 2 rings (SSSR count). The minimum absolute atomic E-state index is 0.439. The van der Waals surface area contributed by atoms with E-state index in [9.17, 15) is 0 Å². The van der Waals surface area contributed by atoms with Gasteiger partial charge in [-0.25, -0.2) is 0 Å². The fraction of sp³-hybridized carbons (Fsp3) is 0.571. The van der Waals surface area contributed by atoms with Crippen molar-refractivity contribution in [1.29, 1.82) is 0 Å². The molecule has 1 N–H and O–H groups in total. The zero-order chi connectivity index (χ0) is 12.3. The Labute approximate surface area is 113 Å². The smallest absolute Gasteiger partial charge is 0.0438 e. The van der Waals surface area contributed by atoms with Crippen molar-refractivity contribution in [3.8, 4) is 0 Å². The molecule has 1 fully saturated rings. The van der Waals surface area contributed by atoms with E-state index in [1.165, 1.54) is 24.2 Å². The monoisotopic (exact) mass is 269 g/mol. The first-order valence-corrected chi connectivity index (χ1v) is 7.55. The van der Waals surface area contributed by atoms with Gasteiger partial charge in [-0.05, 0) is 49.6 Å². The highest BCUT2D eigenvalue weighted by Gasteiger charge is 2.28. The highest BCUT2D eigenvalue weighted by Crippen LogP contribution is 2.36. The number of hydrogen-bond acceptors (Lipinski definition) is 2. The minimum Gasteiger partial charge on any atom is -0.311 e. The van der Waals surface area contributed by atoms with Crippen molar-refractivity contribution < 1.29 is 0 Å². The van der Waals surface area contributed by atoms with Crippen LogP contribution in [0.1, 0.15) is 30.9 Å². The molecule has 0 spiro atoms. The third-order valence-electron chi connectivity index (χ3n) is 3.36. The van der Waals surface area contributed by atoms with Crippen LogP contribution in [0.5, 0.6) is 0 Å². The molecule has 17 heavy (non-hydrogen) atoms. The van der Waals surface area contributed by atoms with E-state index in [-0.39, 0.29) is 0 Å². The maximum atomic E-state index is 6.12. The van der Waals surface area contributed by atoms with Gasteiger partial charge < -0.3 is 5.32 Å². The number of nitrogens with one attached hydrogen (secondary N) is 1. The second-order valence-corrected chi connectivity index (χ2v) is 7.18. The zero-order valence-electron chi connectivity index (χ0n) is 10.6. The van der Waals surface area contributed by atoms with Gasteiger partial charge in [-0.3, -0.25) is 0 Å². The molecule has 1 nitrogen and oxygen atoms in total. The fourth-order valence-electron chi connectivity index (χ4n) is 2.19. The molecular weight excluding hydrogens is 250 g/mol. The number of hydrogen-bond donors (Lipinski definition) is 1. The molecule has 94 valence electrons. The summed E-state index contributed by atoms with van der Waals surface area (Å²) in [6, 6.07) is 6.30. The Hall–Kier alpha value is -0.180. The number of rotatable bonds is 4. The summed E-state index contributed by atoms with van der Waals surface area (Å²) in [6.45, 7) is 6.40. The molecule has 3 heteroatoms. The van der Waals surface area contributed by atoms with Crippen molar-refractivity contribution in [1.82, 2.24) is 5.32 Å². The Balaban J connectivity index is 1.83. The van der Waals surface area contributed by atoms with E-state index in [1.807, 2.05) is 6.92 Å². The van der Waals surface area contributed by atoms with Gasteiger partial charge in [0.2, 0.25) is 0 Å². The van der Waals surface area contributed by atoms with Crippen LogP contribution in [0, 0.1) is 6.92 Å². The van der Waals surface area contributed by atoms with Crippen LogP contribution >= 0.6 is 23.4 Å². The number of benzene rings is 1. The van der Waals surface area contributed by atoms with Crippen LogP contribution in [0.15, 0.2) is 18.2 Å². The molecular formula is C14H20ClNS. The summed E-state index contributed by atoms with van der Waals surface area (Å²) in [5.41, 5.74) is 2.42. The maximum absolute atomic E-state index is 6.12. The minimum atomic E-state index is 0.439. The Morgan fingerprint density at radius 1 is 1.47 bits per heavy atom. The van der Waals surface area contributed by atoms with Gasteiger partial charge in [0, 0.05) is 22.9 Å². The molecule has 1 aliphatic heterocycles. The summed E-state index contributed by atoms with van der Waals surface area (Å²) in [7, 11) is 0. The molecule has 0 saturated carbocycles. The van der Waals surface area contributed by atoms with Crippen molar-refractivity contribution in [2.24, 2.45) is 0 Å². The largest absolute Gasteiger partial charge is 0.311 e. The third-order valence-corrected chi connectivity index (χ3v) is 5.31. The zero-order valence-corrected chi connectivity index (χ0v) is 12.1. The van der Waals surface area contributed by atoms with E-state index >= 15 is 0 Å². The second kappa shape index (κ2) is 5.64. The van der Waals surface area contributed by atoms with Crippen molar-refractivity contribution in [3.05, 3.63) is 34.3 Å². The summed E-state index contributed by atoms with van der Waals surface area (Å²) in [5, 5.41) is 4.42. The van der Waals surface area contributed by atoms with Crippen molar-refractivity contribution in [2.45, 2.75) is 38.0 Å². The van der Waals surface area contributed by atoms with E-state index < -0.39 is 0 Å². The lowest BCUT2D eigenvalue weighted by Crippen LogP contribution is -2.32. The summed E-state index contributed by atoms with van der Waals surface area (Å²) in [6.07, 6.45) is 2.69. The molecule has 0 radical (unpaired) electrons. The van der Waals surface area contributed by atoms with Crippen LogP contribution in [0.3, 0.4) is 0 Å². The van der Waals surface area contributed by atoms with Crippen molar-refractivity contribution in [3.63, 3.8) is 0 Å². The number of thioether (sulfide) groups is 1. The average Bonchev–Trinajstić information content (AvgIpc) is 2.71. The van der Waals surface area contributed by atoms with Crippen LogP contribution in [0.25, 0.3) is 0 Å².